The third kappa shape index (κ3) is 3.45. The van der Waals surface area contributed by atoms with Gasteiger partial charge in [-0.2, -0.15) is 11.4 Å². The lowest BCUT2D eigenvalue weighted by atomic mass is 10.2. The van der Waals surface area contributed by atoms with E-state index in [1.165, 1.54) is 0 Å². The molecule has 0 unspecified atom stereocenters. The molecule has 0 amide bonds. The fraction of sp³-hybridized carbons (Fsp3) is 0.125. The van der Waals surface area contributed by atoms with Gasteiger partial charge >= 0.3 is 0 Å². The fourth-order valence-electron chi connectivity index (χ4n) is 1.88. The number of halogens is 10. The molecule has 28 heavy (non-hydrogen) atoms. The highest BCUT2D eigenvalue weighted by molar-refractivity contribution is 5.63. The molecule has 0 saturated carbocycles. The molecule has 0 aliphatic rings. The molecule has 2 nitrogen and oxygen atoms in total. The van der Waals surface area contributed by atoms with Gasteiger partial charge in [0.05, 0.1) is 0 Å². The number of benzene rings is 2. The molecule has 0 aromatic heterocycles. The first-order valence-corrected chi connectivity index (χ1v) is 7.03. The van der Waals surface area contributed by atoms with Gasteiger partial charge in [-0.1, -0.05) is 25.2 Å². The van der Waals surface area contributed by atoms with Crippen molar-refractivity contribution in [2.24, 2.45) is 0 Å². The van der Waals surface area contributed by atoms with Crippen LogP contribution in [0.15, 0.2) is 11.4 Å². The van der Waals surface area contributed by atoms with E-state index < -0.39 is 80.9 Å². The van der Waals surface area contributed by atoms with Crippen LogP contribution in [-0.2, 0) is 0 Å². The first-order valence-electron chi connectivity index (χ1n) is 7.03. The molecule has 2 aromatic carbocycles. The molecule has 0 aliphatic carbocycles. The van der Waals surface area contributed by atoms with Gasteiger partial charge in [-0.3, -0.25) is 0 Å². The van der Waals surface area contributed by atoms with Crippen LogP contribution in [0.3, 0.4) is 0 Å². The lowest BCUT2D eigenvalue weighted by Crippen LogP contribution is -2.02. The first kappa shape index (κ1) is 21.4. The largest absolute Gasteiger partial charge is 0.658 e. The second kappa shape index (κ2) is 7.60. The maximum atomic E-state index is 13.6. The predicted octanol–water partition coefficient (Wildman–Crippen LogP) is 7.04. The van der Waals surface area contributed by atoms with Crippen molar-refractivity contribution in [3.8, 4) is 0 Å². The highest BCUT2D eigenvalue weighted by Gasteiger charge is 2.22. The van der Waals surface area contributed by atoms with Gasteiger partial charge in [0, 0.05) is 0 Å². The van der Waals surface area contributed by atoms with Crippen LogP contribution in [0.1, 0.15) is 13.8 Å². The van der Waals surface area contributed by atoms with Crippen LogP contribution in [0.2, 0.25) is 0 Å². The summed E-state index contributed by atoms with van der Waals surface area (Å²) in [4.78, 5) is 0. The maximum absolute atomic E-state index is 13.6. The van der Waals surface area contributed by atoms with E-state index >= 15 is 0 Å². The molecule has 0 bridgehead atoms. The minimum absolute atomic E-state index is 0.632. The molecule has 0 heterocycles. The Morgan fingerprint density at radius 3 is 0.786 bits per heavy atom. The van der Waals surface area contributed by atoms with Crippen LogP contribution < -0.4 is 0 Å². The smallest absolute Gasteiger partial charge is 0.200 e. The molecule has 0 N–H and O–H groups in total. The minimum atomic E-state index is -2.43. The molecule has 2 aromatic rings. The van der Waals surface area contributed by atoms with Crippen molar-refractivity contribution < 1.29 is 43.9 Å². The molecule has 0 spiro atoms. The van der Waals surface area contributed by atoms with E-state index in [9.17, 15) is 43.9 Å². The number of rotatable bonds is 4. The fourth-order valence-corrected chi connectivity index (χ4v) is 1.88. The summed E-state index contributed by atoms with van der Waals surface area (Å²) in [7, 11) is 0. The lowest BCUT2D eigenvalue weighted by Gasteiger charge is -2.34. The van der Waals surface area contributed by atoms with Crippen LogP contribution in [0, 0.1) is 58.2 Å². The average Bonchev–Trinajstić information content (AvgIpc) is 2.67. The number of hydrogen-bond donors (Lipinski definition) is 0. The second-order valence-corrected chi connectivity index (χ2v) is 5.23. The van der Waals surface area contributed by atoms with Crippen molar-refractivity contribution in [2.75, 3.05) is 0 Å². The molecule has 12 heteroatoms. The van der Waals surface area contributed by atoms with Crippen LogP contribution in [0.4, 0.5) is 55.3 Å². The molecule has 0 saturated heterocycles. The predicted molar refractivity (Wildman–Crippen MR) is 76.9 cm³/mol. The van der Waals surface area contributed by atoms with Crippen molar-refractivity contribution in [3.63, 3.8) is 0 Å². The van der Waals surface area contributed by atoms with Gasteiger partial charge in [0.25, 0.3) is 0 Å². The zero-order valence-corrected chi connectivity index (χ0v) is 13.7. The van der Waals surface area contributed by atoms with E-state index in [4.69, 9.17) is 0 Å². The van der Waals surface area contributed by atoms with Crippen LogP contribution >= 0.6 is 0 Å². The Kier molecular flexibility index (Phi) is 5.80. The Bertz CT molecular complexity index is 862. The Morgan fingerprint density at radius 1 is 0.393 bits per heavy atom. The Morgan fingerprint density at radius 2 is 0.571 bits per heavy atom. The van der Waals surface area contributed by atoms with Gasteiger partial charge in [0.2, 0.25) is 0 Å². The Balaban J connectivity index is 2.47. The normalized spacial score (nSPS) is 12.1. The minimum Gasteiger partial charge on any atom is -0.658 e. The Hall–Kier alpha value is -2.92. The summed E-state index contributed by atoms with van der Waals surface area (Å²) in [5, 5.41) is 6.24. The SMILES string of the molecule is C/C([N-]c1c(F)c(F)c(F)c(F)c1F)=C(\C)[N-]c1c(F)c(F)c(F)c(F)c1F. The van der Waals surface area contributed by atoms with Gasteiger partial charge in [0.15, 0.2) is 34.9 Å². The molecule has 0 atom stereocenters. The molecule has 0 aliphatic heterocycles. The molecule has 0 radical (unpaired) electrons. The lowest BCUT2D eigenvalue weighted by molar-refractivity contribution is 0.382. The summed E-state index contributed by atoms with van der Waals surface area (Å²) in [5.74, 6) is -23.2. The first-order chi connectivity index (χ1) is 12.9. The summed E-state index contributed by atoms with van der Waals surface area (Å²) in [6.45, 7) is 1.78. The molecular formula is C16H6F10N2-2. The van der Waals surface area contributed by atoms with E-state index in [2.05, 4.69) is 10.6 Å². The molecule has 0 fully saturated rings. The monoisotopic (exact) mass is 416 g/mol. The quantitative estimate of drug-likeness (QED) is 0.291. The van der Waals surface area contributed by atoms with Crippen LogP contribution in [0.5, 0.6) is 0 Å². The summed E-state index contributed by atoms with van der Waals surface area (Å²) < 4.78 is 133. The highest BCUT2D eigenvalue weighted by Crippen LogP contribution is 2.39. The third-order valence-electron chi connectivity index (χ3n) is 3.46. The van der Waals surface area contributed by atoms with Crippen molar-refractivity contribution >= 4 is 11.4 Å². The average molecular weight is 416 g/mol. The van der Waals surface area contributed by atoms with E-state index in [-0.39, 0.29) is 0 Å². The van der Waals surface area contributed by atoms with Crippen molar-refractivity contribution in [3.05, 3.63) is 80.2 Å². The standard InChI is InChI=1S/C16H6F10N2/c1-3(27-15-11(23)7(19)5(17)8(20)12(15)24)4(2)28-16-13(25)9(21)6(18)10(22)14(16)26/h1-2H3/q-2/b4-3-. The number of allylic oxidation sites excluding steroid dienone is 2. The summed E-state index contributed by atoms with van der Waals surface area (Å²) in [6, 6.07) is 0. The summed E-state index contributed by atoms with van der Waals surface area (Å²) >= 11 is 0. The van der Waals surface area contributed by atoms with Gasteiger partial charge in [-0.15, -0.1) is 0 Å². The molecule has 2 rings (SSSR count). The number of nitrogens with zero attached hydrogens (tertiary/aromatic N) is 2. The molecular weight excluding hydrogens is 410 g/mol. The van der Waals surface area contributed by atoms with Gasteiger partial charge in [-0.05, 0) is 0 Å². The van der Waals surface area contributed by atoms with Crippen LogP contribution in [-0.4, -0.2) is 0 Å². The van der Waals surface area contributed by atoms with Crippen LogP contribution in [0.25, 0.3) is 10.6 Å². The van der Waals surface area contributed by atoms with E-state index in [0.717, 1.165) is 13.8 Å². The molecule has 152 valence electrons. The summed E-state index contributed by atoms with van der Waals surface area (Å²) in [6.07, 6.45) is 0. The number of hydrogen-bond acceptors (Lipinski definition) is 0. The summed E-state index contributed by atoms with van der Waals surface area (Å²) in [5.41, 5.74) is -4.51. The maximum Gasteiger partial charge on any atom is 0.200 e. The Labute approximate surface area is 150 Å². The van der Waals surface area contributed by atoms with E-state index in [1.807, 2.05) is 0 Å². The van der Waals surface area contributed by atoms with E-state index in [0.29, 0.717) is 0 Å². The van der Waals surface area contributed by atoms with Crippen molar-refractivity contribution in [1.82, 2.24) is 0 Å². The van der Waals surface area contributed by atoms with Crippen molar-refractivity contribution in [2.45, 2.75) is 13.8 Å². The topological polar surface area (TPSA) is 28.2 Å². The zero-order valence-electron chi connectivity index (χ0n) is 13.7. The van der Waals surface area contributed by atoms with Gasteiger partial charge in [-0.25, -0.2) is 43.9 Å². The van der Waals surface area contributed by atoms with E-state index in [1.54, 1.807) is 0 Å². The third-order valence-corrected chi connectivity index (χ3v) is 3.46. The zero-order chi connectivity index (χ0) is 21.5. The van der Waals surface area contributed by atoms with Crippen molar-refractivity contribution in [1.29, 1.82) is 0 Å². The highest BCUT2D eigenvalue weighted by atomic mass is 19.2. The van der Waals surface area contributed by atoms with Gasteiger partial charge in [0.1, 0.15) is 23.3 Å². The van der Waals surface area contributed by atoms with Gasteiger partial charge < -0.3 is 10.6 Å². The second-order valence-electron chi connectivity index (χ2n) is 5.23.